The Morgan fingerprint density at radius 2 is 2.20 bits per heavy atom. The largest absolute Gasteiger partial charge is 0.412 e. The molecule has 0 saturated heterocycles. The minimum atomic E-state index is -0.345. The highest BCUT2D eigenvalue weighted by atomic mass is 35.5. The first kappa shape index (κ1) is 14.5. The molecule has 20 heavy (non-hydrogen) atoms. The van der Waals surface area contributed by atoms with Crippen molar-refractivity contribution < 1.29 is 9.21 Å². The molecule has 0 unspecified atom stereocenters. The van der Waals surface area contributed by atoms with Gasteiger partial charge < -0.3 is 9.73 Å². The number of hydrogen-bond acceptors (Lipinski definition) is 4. The van der Waals surface area contributed by atoms with Crippen molar-refractivity contribution in [3.8, 4) is 11.5 Å². The number of nitrogens with zero attached hydrogens (tertiary/aromatic N) is 2. The third kappa shape index (κ3) is 3.81. The summed E-state index contributed by atoms with van der Waals surface area (Å²) in [4.78, 5) is 11.8. The van der Waals surface area contributed by atoms with Crippen LogP contribution in [0.5, 0.6) is 0 Å². The van der Waals surface area contributed by atoms with Gasteiger partial charge in [0.2, 0.25) is 5.89 Å². The molecule has 1 amide bonds. The van der Waals surface area contributed by atoms with Crippen LogP contribution in [0.25, 0.3) is 11.5 Å². The lowest BCUT2D eigenvalue weighted by molar-refractivity contribution is 0.0919. The molecule has 1 aromatic carbocycles. The Morgan fingerprint density at radius 1 is 1.35 bits per heavy atom. The summed E-state index contributed by atoms with van der Waals surface area (Å²) >= 11 is 5.89. The van der Waals surface area contributed by atoms with Crippen molar-refractivity contribution in [3.05, 3.63) is 35.2 Å². The zero-order chi connectivity index (χ0) is 14.4. The molecule has 0 bridgehead atoms. The van der Waals surface area contributed by atoms with Crippen LogP contribution in [0, 0.1) is 0 Å². The topological polar surface area (TPSA) is 68.0 Å². The first-order valence-electron chi connectivity index (χ1n) is 6.58. The van der Waals surface area contributed by atoms with E-state index in [0.29, 0.717) is 17.1 Å². The van der Waals surface area contributed by atoms with Crippen molar-refractivity contribution in [1.29, 1.82) is 0 Å². The Hall–Kier alpha value is -1.88. The molecule has 0 fully saturated rings. The van der Waals surface area contributed by atoms with Crippen molar-refractivity contribution >= 4 is 17.5 Å². The van der Waals surface area contributed by atoms with Crippen LogP contribution >= 0.6 is 11.6 Å². The normalized spacial score (nSPS) is 10.5. The monoisotopic (exact) mass is 293 g/mol. The van der Waals surface area contributed by atoms with Gasteiger partial charge in [-0.15, -0.1) is 10.2 Å². The summed E-state index contributed by atoms with van der Waals surface area (Å²) in [5, 5.41) is 10.9. The number of rotatable bonds is 6. The fourth-order valence-electron chi connectivity index (χ4n) is 1.71. The van der Waals surface area contributed by atoms with Crippen molar-refractivity contribution in [2.45, 2.75) is 26.2 Å². The number of amides is 1. The van der Waals surface area contributed by atoms with Crippen molar-refractivity contribution in [3.63, 3.8) is 0 Å². The number of halogens is 1. The van der Waals surface area contributed by atoms with Gasteiger partial charge in [0.25, 0.3) is 0 Å². The lowest BCUT2D eigenvalue weighted by Gasteiger charge is -2.00. The maximum Gasteiger partial charge on any atom is 0.308 e. The van der Waals surface area contributed by atoms with Gasteiger partial charge in [-0.3, -0.25) is 4.79 Å². The van der Waals surface area contributed by atoms with E-state index < -0.39 is 0 Å². The average molecular weight is 294 g/mol. The lowest BCUT2D eigenvalue weighted by Crippen LogP contribution is -2.24. The van der Waals surface area contributed by atoms with Gasteiger partial charge in [-0.05, 0) is 24.6 Å². The molecule has 1 heterocycles. The van der Waals surface area contributed by atoms with E-state index in [2.05, 4.69) is 22.4 Å². The molecule has 1 N–H and O–H groups in total. The van der Waals surface area contributed by atoms with Crippen LogP contribution in [-0.4, -0.2) is 22.6 Å². The van der Waals surface area contributed by atoms with Gasteiger partial charge in [0, 0.05) is 17.1 Å². The number of aromatic nitrogens is 2. The van der Waals surface area contributed by atoms with Gasteiger partial charge in [-0.2, -0.15) is 0 Å². The minimum Gasteiger partial charge on any atom is -0.412 e. The van der Waals surface area contributed by atoms with E-state index >= 15 is 0 Å². The minimum absolute atomic E-state index is 0.0310. The third-order valence-corrected chi connectivity index (χ3v) is 2.99. The second kappa shape index (κ2) is 7.05. The zero-order valence-electron chi connectivity index (χ0n) is 11.2. The molecule has 5 nitrogen and oxygen atoms in total. The van der Waals surface area contributed by atoms with Gasteiger partial charge in [0.05, 0.1) is 0 Å². The summed E-state index contributed by atoms with van der Waals surface area (Å²) < 4.78 is 5.35. The standard InChI is InChI=1S/C14H16ClN3O2/c1-2-3-4-8-16-12(19)14-18-17-13(20-14)10-6-5-7-11(15)9-10/h5-7,9H,2-4,8H2,1H3,(H,16,19). The van der Waals surface area contributed by atoms with Crippen molar-refractivity contribution in [2.24, 2.45) is 0 Å². The Morgan fingerprint density at radius 3 is 2.95 bits per heavy atom. The number of carbonyl (C=O) groups excluding carboxylic acids is 1. The highest BCUT2D eigenvalue weighted by Gasteiger charge is 2.15. The Labute approximate surface area is 122 Å². The van der Waals surface area contributed by atoms with Crippen LogP contribution in [-0.2, 0) is 0 Å². The second-order valence-electron chi connectivity index (χ2n) is 4.39. The van der Waals surface area contributed by atoms with Crippen molar-refractivity contribution in [1.82, 2.24) is 15.5 Å². The smallest absolute Gasteiger partial charge is 0.308 e. The van der Waals surface area contributed by atoms with Gasteiger partial charge in [-0.25, -0.2) is 0 Å². The molecule has 0 aliphatic heterocycles. The number of nitrogens with one attached hydrogen (secondary N) is 1. The van der Waals surface area contributed by atoms with Crippen LogP contribution in [0.1, 0.15) is 36.9 Å². The highest BCUT2D eigenvalue weighted by molar-refractivity contribution is 6.30. The molecule has 106 valence electrons. The lowest BCUT2D eigenvalue weighted by atomic mass is 10.2. The van der Waals surface area contributed by atoms with E-state index in [-0.39, 0.29) is 17.7 Å². The molecule has 0 aliphatic carbocycles. The fourth-order valence-corrected chi connectivity index (χ4v) is 1.90. The SMILES string of the molecule is CCCCCNC(=O)c1nnc(-c2cccc(Cl)c2)o1. The molecule has 2 rings (SSSR count). The molecule has 1 aromatic heterocycles. The van der Waals surface area contributed by atoms with Crippen LogP contribution in [0.3, 0.4) is 0 Å². The van der Waals surface area contributed by atoms with Gasteiger partial charge in [0.15, 0.2) is 0 Å². The summed E-state index contributed by atoms with van der Waals surface area (Å²) in [7, 11) is 0. The molecule has 2 aromatic rings. The Balaban J connectivity index is 2.00. The summed E-state index contributed by atoms with van der Waals surface area (Å²) in [6.07, 6.45) is 3.13. The van der Waals surface area contributed by atoms with E-state index in [0.717, 1.165) is 19.3 Å². The highest BCUT2D eigenvalue weighted by Crippen LogP contribution is 2.21. The molecule has 0 saturated carbocycles. The summed E-state index contributed by atoms with van der Waals surface area (Å²) in [5.41, 5.74) is 0.690. The number of unbranched alkanes of at least 4 members (excludes halogenated alkanes) is 2. The van der Waals surface area contributed by atoms with E-state index in [9.17, 15) is 4.79 Å². The third-order valence-electron chi connectivity index (χ3n) is 2.76. The quantitative estimate of drug-likeness (QED) is 0.830. The molecular formula is C14H16ClN3O2. The van der Waals surface area contributed by atoms with E-state index in [4.69, 9.17) is 16.0 Å². The number of hydrogen-bond donors (Lipinski definition) is 1. The number of carbonyl (C=O) groups is 1. The Bertz CT molecular complexity index is 583. The molecular weight excluding hydrogens is 278 g/mol. The maximum absolute atomic E-state index is 11.8. The molecule has 0 spiro atoms. The summed E-state index contributed by atoms with van der Waals surface area (Å²) in [6, 6.07) is 7.04. The van der Waals surface area contributed by atoms with Gasteiger partial charge >= 0.3 is 11.8 Å². The maximum atomic E-state index is 11.8. The Kier molecular flexibility index (Phi) is 5.12. The summed E-state index contributed by atoms with van der Waals surface area (Å²) in [6.45, 7) is 2.72. The van der Waals surface area contributed by atoms with Crippen LogP contribution < -0.4 is 5.32 Å². The van der Waals surface area contributed by atoms with Crippen LogP contribution in [0.2, 0.25) is 5.02 Å². The molecule has 0 atom stereocenters. The van der Waals surface area contributed by atoms with E-state index in [1.807, 2.05) is 0 Å². The predicted molar refractivity (Wildman–Crippen MR) is 76.6 cm³/mol. The zero-order valence-corrected chi connectivity index (χ0v) is 12.0. The van der Waals surface area contributed by atoms with Gasteiger partial charge in [-0.1, -0.05) is 37.4 Å². The second-order valence-corrected chi connectivity index (χ2v) is 4.82. The number of benzene rings is 1. The molecule has 0 aliphatic rings. The molecule has 6 heteroatoms. The first-order valence-corrected chi connectivity index (χ1v) is 6.96. The van der Waals surface area contributed by atoms with Crippen LogP contribution in [0.15, 0.2) is 28.7 Å². The van der Waals surface area contributed by atoms with Crippen molar-refractivity contribution in [2.75, 3.05) is 6.54 Å². The summed E-state index contributed by atoms with van der Waals surface area (Å²) in [5.74, 6) is -0.0930. The predicted octanol–water partition coefficient (Wildman–Crippen LogP) is 3.31. The van der Waals surface area contributed by atoms with E-state index in [1.165, 1.54) is 0 Å². The van der Waals surface area contributed by atoms with E-state index in [1.54, 1.807) is 24.3 Å². The molecule has 0 radical (unpaired) electrons. The first-order chi connectivity index (χ1) is 9.70. The van der Waals surface area contributed by atoms with Gasteiger partial charge in [0.1, 0.15) is 0 Å². The average Bonchev–Trinajstić information content (AvgIpc) is 2.93. The fraction of sp³-hybridized carbons (Fsp3) is 0.357. The van der Waals surface area contributed by atoms with Crippen LogP contribution in [0.4, 0.5) is 0 Å².